The molecule has 202 valence electrons. The van der Waals surface area contributed by atoms with Crippen molar-refractivity contribution >= 4 is 50.8 Å². The van der Waals surface area contributed by atoms with E-state index in [1.54, 1.807) is 11.3 Å². The molecule has 2 aromatic carbocycles. The summed E-state index contributed by atoms with van der Waals surface area (Å²) in [5.41, 5.74) is 3.37. The van der Waals surface area contributed by atoms with Gasteiger partial charge in [0.05, 0.1) is 12.1 Å². The molecule has 3 aromatic rings. The molecule has 6 rings (SSSR count). The smallest absolute Gasteiger partial charge is 0.327 e. The molecule has 0 spiro atoms. The standard InChI is InChI=1S/C30H31N3O5S/c34-25(15-20-16-39-24-11-4-3-10-21(20)24)32-26(17-6-1-2-7-17)28(35)31-22-13-12-18-8-5-9-19-14-23(30(37)38)33(27(18)19)29(22)36/h3-5,8-11,16-17,22-23,26H,1-2,6-7,12-15H2,(H,31,35)(H,32,34)(H,37,38)/t22-,23-,26-/m0/s1. The first-order valence-corrected chi connectivity index (χ1v) is 14.5. The molecule has 0 radical (unpaired) electrons. The predicted molar refractivity (Wildman–Crippen MR) is 149 cm³/mol. The van der Waals surface area contributed by atoms with Crippen LogP contribution in [0.1, 0.15) is 48.8 Å². The van der Waals surface area contributed by atoms with E-state index in [4.69, 9.17) is 0 Å². The van der Waals surface area contributed by atoms with Crippen LogP contribution in [0.2, 0.25) is 0 Å². The molecule has 3 aliphatic rings. The Bertz CT molecular complexity index is 1460. The van der Waals surface area contributed by atoms with Crippen LogP contribution in [0.3, 0.4) is 0 Å². The molecule has 1 aliphatic carbocycles. The van der Waals surface area contributed by atoms with Crippen LogP contribution >= 0.6 is 11.3 Å². The molecule has 3 atom stereocenters. The number of amides is 3. The Morgan fingerprint density at radius 2 is 1.79 bits per heavy atom. The summed E-state index contributed by atoms with van der Waals surface area (Å²) < 4.78 is 1.11. The van der Waals surface area contributed by atoms with Gasteiger partial charge in [0, 0.05) is 11.1 Å². The van der Waals surface area contributed by atoms with Gasteiger partial charge in [0.1, 0.15) is 18.1 Å². The number of aryl methyl sites for hydroxylation is 1. The molecule has 3 amide bonds. The minimum absolute atomic E-state index is 0.00333. The number of carbonyl (C=O) groups is 4. The van der Waals surface area contributed by atoms with E-state index < -0.39 is 30.0 Å². The number of rotatable bonds is 7. The highest BCUT2D eigenvalue weighted by molar-refractivity contribution is 7.17. The normalized spacial score (nSPS) is 21.4. The van der Waals surface area contributed by atoms with E-state index >= 15 is 0 Å². The van der Waals surface area contributed by atoms with Crippen molar-refractivity contribution in [1.82, 2.24) is 10.6 Å². The molecule has 1 saturated carbocycles. The molecule has 9 heteroatoms. The van der Waals surface area contributed by atoms with Crippen molar-refractivity contribution in [2.24, 2.45) is 5.92 Å². The lowest BCUT2D eigenvalue weighted by atomic mass is 9.96. The van der Waals surface area contributed by atoms with Gasteiger partial charge >= 0.3 is 5.97 Å². The fraction of sp³-hybridized carbons (Fsp3) is 0.400. The molecule has 8 nitrogen and oxygen atoms in total. The van der Waals surface area contributed by atoms with Crippen molar-refractivity contribution in [3.05, 3.63) is 64.5 Å². The summed E-state index contributed by atoms with van der Waals surface area (Å²) in [6.45, 7) is 0. The zero-order valence-corrected chi connectivity index (χ0v) is 22.3. The largest absolute Gasteiger partial charge is 0.480 e. The summed E-state index contributed by atoms with van der Waals surface area (Å²) >= 11 is 1.59. The SMILES string of the molecule is O=C(Cc1csc2ccccc12)N[C@H](C(=O)N[C@H]1CCc2cccc3c2N(C1=O)[C@H](C(=O)O)C3)C1CCCC1. The number of nitrogens with one attached hydrogen (secondary N) is 2. The van der Waals surface area contributed by atoms with Crippen molar-refractivity contribution < 1.29 is 24.3 Å². The zero-order chi connectivity index (χ0) is 27.1. The van der Waals surface area contributed by atoms with E-state index in [-0.39, 0.29) is 30.6 Å². The van der Waals surface area contributed by atoms with E-state index in [0.717, 1.165) is 52.5 Å². The Kier molecular flexibility index (Phi) is 6.85. The zero-order valence-electron chi connectivity index (χ0n) is 21.5. The van der Waals surface area contributed by atoms with Crippen LogP contribution in [0.25, 0.3) is 10.1 Å². The van der Waals surface area contributed by atoms with E-state index in [0.29, 0.717) is 18.5 Å². The van der Waals surface area contributed by atoms with Crippen molar-refractivity contribution in [1.29, 1.82) is 0 Å². The Morgan fingerprint density at radius 3 is 2.59 bits per heavy atom. The number of anilines is 1. The van der Waals surface area contributed by atoms with Gasteiger partial charge in [-0.15, -0.1) is 11.3 Å². The molecule has 0 unspecified atom stereocenters. The quantitative estimate of drug-likeness (QED) is 0.420. The van der Waals surface area contributed by atoms with Crippen molar-refractivity contribution in [3.8, 4) is 0 Å². The predicted octanol–water partition coefficient (Wildman–Crippen LogP) is 3.59. The van der Waals surface area contributed by atoms with E-state index in [1.807, 2.05) is 47.8 Å². The highest BCUT2D eigenvalue weighted by Gasteiger charge is 2.44. The molecule has 0 saturated heterocycles. The third-order valence-electron chi connectivity index (χ3n) is 8.39. The molecule has 1 aromatic heterocycles. The van der Waals surface area contributed by atoms with Gasteiger partial charge in [-0.1, -0.05) is 49.2 Å². The summed E-state index contributed by atoms with van der Waals surface area (Å²) in [5, 5.41) is 18.8. The van der Waals surface area contributed by atoms with Crippen LogP contribution in [-0.2, 0) is 38.4 Å². The third kappa shape index (κ3) is 4.80. The van der Waals surface area contributed by atoms with Gasteiger partial charge < -0.3 is 15.7 Å². The summed E-state index contributed by atoms with van der Waals surface area (Å²) in [6.07, 6.45) is 5.01. The fourth-order valence-corrected chi connectivity index (χ4v) is 7.44. The van der Waals surface area contributed by atoms with Gasteiger partial charge in [0.2, 0.25) is 17.7 Å². The molecule has 2 aliphatic heterocycles. The average molecular weight is 546 g/mol. The van der Waals surface area contributed by atoms with Crippen LogP contribution < -0.4 is 15.5 Å². The third-order valence-corrected chi connectivity index (χ3v) is 9.40. The molecular formula is C30H31N3O5S. The lowest BCUT2D eigenvalue weighted by molar-refractivity contribution is -0.140. The fourth-order valence-electron chi connectivity index (χ4n) is 6.48. The van der Waals surface area contributed by atoms with Crippen LogP contribution in [0.5, 0.6) is 0 Å². The number of nitrogens with zero attached hydrogens (tertiary/aromatic N) is 1. The van der Waals surface area contributed by atoms with Crippen LogP contribution in [0, 0.1) is 5.92 Å². The van der Waals surface area contributed by atoms with Gasteiger partial charge in [-0.3, -0.25) is 19.3 Å². The first-order chi connectivity index (χ1) is 18.9. The van der Waals surface area contributed by atoms with Crippen molar-refractivity contribution in [3.63, 3.8) is 0 Å². The first-order valence-electron chi connectivity index (χ1n) is 13.6. The average Bonchev–Trinajstić information content (AvgIpc) is 3.66. The number of carbonyl (C=O) groups excluding carboxylic acids is 3. The molecule has 0 bridgehead atoms. The molecule has 3 N–H and O–H groups in total. The summed E-state index contributed by atoms with van der Waals surface area (Å²) in [5.74, 6) is -2.06. The van der Waals surface area contributed by atoms with E-state index in [9.17, 15) is 24.3 Å². The van der Waals surface area contributed by atoms with Crippen molar-refractivity contribution in [2.75, 3.05) is 4.90 Å². The number of thiophene rings is 1. The van der Waals surface area contributed by atoms with Gasteiger partial charge in [0.25, 0.3) is 0 Å². The highest BCUT2D eigenvalue weighted by atomic mass is 32.1. The Balaban J connectivity index is 1.20. The minimum Gasteiger partial charge on any atom is -0.480 e. The van der Waals surface area contributed by atoms with Gasteiger partial charge in [0.15, 0.2) is 0 Å². The number of para-hydroxylation sites is 1. The second-order valence-electron chi connectivity index (χ2n) is 10.8. The van der Waals surface area contributed by atoms with Gasteiger partial charge in [-0.25, -0.2) is 4.79 Å². The molecule has 39 heavy (non-hydrogen) atoms. The number of carboxylic acids is 1. The Labute approximate surface area is 230 Å². The first kappa shape index (κ1) is 25.6. The number of carboxylic acid groups (broad SMARTS) is 1. The molecule has 1 fully saturated rings. The Hall–Kier alpha value is -3.72. The summed E-state index contributed by atoms with van der Waals surface area (Å²) in [6, 6.07) is 11.0. The number of fused-ring (bicyclic) bond motifs is 1. The van der Waals surface area contributed by atoms with Crippen LogP contribution in [0.4, 0.5) is 5.69 Å². The van der Waals surface area contributed by atoms with Crippen LogP contribution in [0.15, 0.2) is 47.8 Å². The number of hydrogen-bond donors (Lipinski definition) is 3. The molecular weight excluding hydrogens is 514 g/mol. The highest BCUT2D eigenvalue weighted by Crippen LogP contribution is 2.39. The maximum Gasteiger partial charge on any atom is 0.327 e. The van der Waals surface area contributed by atoms with E-state index in [1.165, 1.54) is 4.90 Å². The topological polar surface area (TPSA) is 116 Å². The summed E-state index contributed by atoms with van der Waals surface area (Å²) in [7, 11) is 0. The minimum atomic E-state index is -1.06. The van der Waals surface area contributed by atoms with Gasteiger partial charge in [-0.2, -0.15) is 0 Å². The maximum absolute atomic E-state index is 13.7. The second-order valence-corrected chi connectivity index (χ2v) is 11.7. The lowest BCUT2D eigenvalue weighted by Gasteiger charge is -2.29. The van der Waals surface area contributed by atoms with Crippen molar-refractivity contribution in [2.45, 2.75) is 69.5 Å². The number of aliphatic carboxylic acids is 1. The molecule has 3 heterocycles. The maximum atomic E-state index is 13.7. The number of benzene rings is 2. The lowest BCUT2D eigenvalue weighted by Crippen LogP contribution is -2.57. The number of hydrogen-bond acceptors (Lipinski definition) is 5. The summed E-state index contributed by atoms with van der Waals surface area (Å²) in [4.78, 5) is 54.0. The van der Waals surface area contributed by atoms with Gasteiger partial charge in [-0.05, 0) is 65.1 Å². The Morgan fingerprint density at radius 1 is 1.03 bits per heavy atom. The van der Waals surface area contributed by atoms with E-state index in [2.05, 4.69) is 10.6 Å². The van der Waals surface area contributed by atoms with Crippen LogP contribution in [-0.4, -0.2) is 46.9 Å². The monoisotopic (exact) mass is 545 g/mol. The second kappa shape index (κ2) is 10.4.